The molecule has 36 heavy (non-hydrogen) atoms. The van der Waals surface area contributed by atoms with E-state index in [-0.39, 0.29) is 17.6 Å². The fourth-order valence-electron chi connectivity index (χ4n) is 3.22. The second-order valence-electron chi connectivity index (χ2n) is 9.19. The molecular formula is C25H28F3N5O3. The quantitative estimate of drug-likeness (QED) is 0.478. The van der Waals surface area contributed by atoms with Crippen molar-refractivity contribution in [2.24, 2.45) is 0 Å². The van der Waals surface area contributed by atoms with Crippen molar-refractivity contribution in [1.82, 2.24) is 14.7 Å². The molecule has 0 bridgehead atoms. The lowest BCUT2D eigenvalue weighted by Crippen LogP contribution is -2.38. The molecule has 0 unspecified atom stereocenters. The van der Waals surface area contributed by atoms with Crippen molar-refractivity contribution < 1.29 is 27.5 Å². The van der Waals surface area contributed by atoms with Crippen molar-refractivity contribution >= 4 is 23.4 Å². The standard InChI is InChI=1S/C25H28F3N5O3/c1-24(2,3)20-14-21(33(31-20)18-9-11-19(36-5)12-10-18)30-22(34)15-32(4)23(35)29-17-8-6-7-16(13-17)25(26,27)28/h6-14H,15H2,1-5H3,(H,29,35)(H,30,34). The number of carbonyl (C=O) groups excluding carboxylic acids is 2. The third-order valence-corrected chi connectivity index (χ3v) is 5.23. The summed E-state index contributed by atoms with van der Waals surface area (Å²) >= 11 is 0. The van der Waals surface area contributed by atoms with Crippen LogP contribution in [0, 0.1) is 0 Å². The second-order valence-corrected chi connectivity index (χ2v) is 9.19. The predicted molar refractivity (Wildman–Crippen MR) is 131 cm³/mol. The molecule has 2 N–H and O–H groups in total. The molecule has 3 aromatic rings. The number of rotatable bonds is 6. The lowest BCUT2D eigenvalue weighted by Gasteiger charge is -2.18. The van der Waals surface area contributed by atoms with Crippen LogP contribution in [-0.4, -0.2) is 47.3 Å². The average molecular weight is 504 g/mol. The summed E-state index contributed by atoms with van der Waals surface area (Å²) in [6.07, 6.45) is -4.54. The van der Waals surface area contributed by atoms with Gasteiger partial charge in [0, 0.05) is 24.2 Å². The molecule has 0 saturated heterocycles. The van der Waals surface area contributed by atoms with Crippen LogP contribution in [0.5, 0.6) is 5.75 Å². The van der Waals surface area contributed by atoms with E-state index in [0.717, 1.165) is 22.7 Å². The monoisotopic (exact) mass is 503 g/mol. The number of methoxy groups -OCH3 is 1. The minimum atomic E-state index is -4.54. The van der Waals surface area contributed by atoms with Crippen molar-refractivity contribution in [2.75, 3.05) is 31.3 Å². The molecule has 1 aromatic heterocycles. The molecule has 0 aliphatic rings. The Kier molecular flexibility index (Phi) is 7.61. The van der Waals surface area contributed by atoms with Gasteiger partial charge in [-0.25, -0.2) is 9.48 Å². The van der Waals surface area contributed by atoms with Crippen LogP contribution in [0.3, 0.4) is 0 Å². The van der Waals surface area contributed by atoms with E-state index in [4.69, 9.17) is 4.74 Å². The zero-order valence-electron chi connectivity index (χ0n) is 20.6. The summed E-state index contributed by atoms with van der Waals surface area (Å²) < 4.78 is 45.5. The fraction of sp³-hybridized carbons (Fsp3) is 0.320. The third-order valence-electron chi connectivity index (χ3n) is 5.23. The Labute approximate surface area is 207 Å². The van der Waals surface area contributed by atoms with Gasteiger partial charge in [-0.05, 0) is 42.5 Å². The van der Waals surface area contributed by atoms with Gasteiger partial charge in [-0.2, -0.15) is 18.3 Å². The van der Waals surface area contributed by atoms with Crippen molar-refractivity contribution in [1.29, 1.82) is 0 Å². The highest BCUT2D eigenvalue weighted by Crippen LogP contribution is 2.31. The lowest BCUT2D eigenvalue weighted by atomic mass is 9.92. The Morgan fingerprint density at radius 3 is 2.28 bits per heavy atom. The van der Waals surface area contributed by atoms with E-state index in [2.05, 4.69) is 15.7 Å². The normalized spacial score (nSPS) is 11.7. The summed E-state index contributed by atoms with van der Waals surface area (Å²) in [6.45, 7) is 5.63. The number of benzene rings is 2. The number of anilines is 2. The Balaban J connectivity index is 1.73. The van der Waals surface area contributed by atoms with Crippen LogP contribution in [0.15, 0.2) is 54.6 Å². The first kappa shape index (κ1) is 26.6. The van der Waals surface area contributed by atoms with E-state index in [0.29, 0.717) is 17.3 Å². The maximum atomic E-state index is 12.9. The number of hydrogen-bond acceptors (Lipinski definition) is 4. The number of hydrogen-bond donors (Lipinski definition) is 2. The van der Waals surface area contributed by atoms with Crippen LogP contribution in [-0.2, 0) is 16.4 Å². The molecule has 0 aliphatic heterocycles. The Bertz CT molecular complexity index is 1230. The number of alkyl halides is 3. The van der Waals surface area contributed by atoms with E-state index < -0.39 is 23.7 Å². The van der Waals surface area contributed by atoms with Crippen molar-refractivity contribution in [3.63, 3.8) is 0 Å². The van der Waals surface area contributed by atoms with Gasteiger partial charge in [-0.1, -0.05) is 26.8 Å². The van der Waals surface area contributed by atoms with Crippen LogP contribution >= 0.6 is 0 Å². The molecule has 0 spiro atoms. The summed E-state index contributed by atoms with van der Waals surface area (Å²) in [7, 11) is 2.93. The zero-order chi connectivity index (χ0) is 26.7. The summed E-state index contributed by atoms with van der Waals surface area (Å²) in [5.41, 5.74) is 0.219. The summed E-state index contributed by atoms with van der Waals surface area (Å²) in [5, 5.41) is 9.78. The van der Waals surface area contributed by atoms with Crippen molar-refractivity contribution in [2.45, 2.75) is 32.4 Å². The van der Waals surface area contributed by atoms with E-state index >= 15 is 0 Å². The lowest BCUT2D eigenvalue weighted by molar-refractivity contribution is -0.137. The Morgan fingerprint density at radius 2 is 1.69 bits per heavy atom. The SMILES string of the molecule is COc1ccc(-n2nc(C(C)(C)C)cc2NC(=O)CN(C)C(=O)Nc2cccc(C(F)(F)F)c2)cc1. The summed E-state index contributed by atoms with van der Waals surface area (Å²) in [6, 6.07) is 12.4. The molecular weight excluding hydrogens is 475 g/mol. The van der Waals surface area contributed by atoms with Gasteiger partial charge in [0.2, 0.25) is 5.91 Å². The van der Waals surface area contributed by atoms with Gasteiger partial charge in [-0.15, -0.1) is 0 Å². The van der Waals surface area contributed by atoms with Gasteiger partial charge < -0.3 is 20.3 Å². The van der Waals surface area contributed by atoms with Crippen LogP contribution in [0.25, 0.3) is 5.69 Å². The summed E-state index contributed by atoms with van der Waals surface area (Å²) in [4.78, 5) is 26.3. The molecule has 0 atom stereocenters. The van der Waals surface area contributed by atoms with E-state index in [9.17, 15) is 22.8 Å². The minimum Gasteiger partial charge on any atom is -0.497 e. The Morgan fingerprint density at radius 1 is 1.03 bits per heavy atom. The molecule has 2 aromatic carbocycles. The number of amides is 3. The number of carbonyl (C=O) groups is 2. The zero-order valence-corrected chi connectivity index (χ0v) is 20.6. The number of urea groups is 1. The highest BCUT2D eigenvalue weighted by molar-refractivity contribution is 5.96. The molecule has 11 heteroatoms. The molecule has 0 aliphatic carbocycles. The fourth-order valence-corrected chi connectivity index (χ4v) is 3.22. The molecule has 8 nitrogen and oxygen atoms in total. The smallest absolute Gasteiger partial charge is 0.416 e. The average Bonchev–Trinajstić information content (AvgIpc) is 3.22. The molecule has 0 fully saturated rings. The first-order valence-electron chi connectivity index (χ1n) is 11.0. The predicted octanol–water partition coefficient (Wildman–Crippen LogP) is 5.30. The van der Waals surface area contributed by atoms with Crippen LogP contribution < -0.4 is 15.4 Å². The second kappa shape index (κ2) is 10.3. The number of likely N-dealkylation sites (N-methyl/N-ethyl adjacent to an activating group) is 1. The third kappa shape index (κ3) is 6.55. The number of halogens is 3. The minimum absolute atomic E-state index is 0.0329. The number of nitrogens with zero attached hydrogens (tertiary/aromatic N) is 3. The number of ether oxygens (including phenoxy) is 1. The van der Waals surface area contributed by atoms with E-state index in [1.807, 2.05) is 20.8 Å². The maximum Gasteiger partial charge on any atom is 0.416 e. The van der Waals surface area contributed by atoms with Crippen LogP contribution in [0.4, 0.5) is 29.5 Å². The van der Waals surface area contributed by atoms with Crippen LogP contribution in [0.1, 0.15) is 32.0 Å². The molecule has 3 rings (SSSR count). The van der Waals surface area contributed by atoms with E-state index in [1.54, 1.807) is 42.1 Å². The highest BCUT2D eigenvalue weighted by Gasteiger charge is 2.30. The molecule has 3 amide bonds. The highest BCUT2D eigenvalue weighted by atomic mass is 19.4. The van der Waals surface area contributed by atoms with Crippen molar-refractivity contribution in [3.05, 3.63) is 65.9 Å². The molecule has 0 radical (unpaired) electrons. The van der Waals surface area contributed by atoms with Gasteiger partial charge in [-0.3, -0.25) is 4.79 Å². The van der Waals surface area contributed by atoms with Crippen molar-refractivity contribution in [3.8, 4) is 11.4 Å². The first-order valence-corrected chi connectivity index (χ1v) is 11.0. The Hall–Kier alpha value is -4.02. The van der Waals surface area contributed by atoms with Gasteiger partial charge in [0.25, 0.3) is 0 Å². The molecule has 192 valence electrons. The van der Waals surface area contributed by atoms with Gasteiger partial charge in [0.15, 0.2) is 0 Å². The number of nitrogens with one attached hydrogen (secondary N) is 2. The van der Waals surface area contributed by atoms with Crippen LogP contribution in [0.2, 0.25) is 0 Å². The number of aromatic nitrogens is 2. The summed E-state index contributed by atoms with van der Waals surface area (Å²) in [5.74, 6) is 0.564. The maximum absolute atomic E-state index is 12.9. The van der Waals surface area contributed by atoms with Gasteiger partial charge in [0.1, 0.15) is 18.1 Å². The van der Waals surface area contributed by atoms with Gasteiger partial charge in [0.05, 0.1) is 24.1 Å². The van der Waals surface area contributed by atoms with Gasteiger partial charge >= 0.3 is 12.2 Å². The van der Waals surface area contributed by atoms with E-state index in [1.165, 1.54) is 19.2 Å². The topological polar surface area (TPSA) is 88.5 Å². The molecule has 1 heterocycles. The first-order chi connectivity index (χ1) is 16.8. The molecule has 0 saturated carbocycles. The largest absolute Gasteiger partial charge is 0.497 e.